The van der Waals surface area contributed by atoms with Crippen LogP contribution in [0.2, 0.25) is 0 Å². The number of benzene rings is 2. The Kier molecular flexibility index (Phi) is 6.48. The predicted octanol–water partition coefficient (Wildman–Crippen LogP) is 4.39. The lowest BCUT2D eigenvalue weighted by Gasteiger charge is -2.12. The quantitative estimate of drug-likeness (QED) is 0.676. The fraction of sp³-hybridized carbons (Fsp3) is 0.400. The van der Waals surface area contributed by atoms with E-state index in [1.807, 2.05) is 24.3 Å². The topological polar surface area (TPSA) is 27.7 Å². The number of aryl methyl sites for hydroxylation is 2. The van der Waals surface area contributed by atoms with Crippen molar-refractivity contribution in [2.45, 2.75) is 27.7 Å². The van der Waals surface area contributed by atoms with Crippen LogP contribution in [-0.2, 0) is 4.74 Å². The maximum atomic E-state index is 5.75. The summed E-state index contributed by atoms with van der Waals surface area (Å²) in [4.78, 5) is 0. The van der Waals surface area contributed by atoms with Gasteiger partial charge in [-0.3, -0.25) is 0 Å². The zero-order valence-electron chi connectivity index (χ0n) is 14.5. The maximum absolute atomic E-state index is 5.75. The normalized spacial score (nSPS) is 10.6. The Morgan fingerprint density at radius 1 is 0.609 bits per heavy atom. The van der Waals surface area contributed by atoms with Gasteiger partial charge in [-0.05, 0) is 62.1 Å². The van der Waals surface area contributed by atoms with Gasteiger partial charge in [-0.25, -0.2) is 0 Å². The highest BCUT2D eigenvalue weighted by molar-refractivity contribution is 5.38. The summed E-state index contributed by atoms with van der Waals surface area (Å²) in [6, 6.07) is 12.2. The summed E-state index contributed by atoms with van der Waals surface area (Å²) in [6.07, 6.45) is 0. The molecule has 3 heteroatoms. The van der Waals surface area contributed by atoms with Gasteiger partial charge >= 0.3 is 0 Å². The second-order valence-corrected chi connectivity index (χ2v) is 5.71. The monoisotopic (exact) mass is 314 g/mol. The van der Waals surface area contributed by atoms with Gasteiger partial charge in [0, 0.05) is 0 Å². The van der Waals surface area contributed by atoms with Gasteiger partial charge in [0.15, 0.2) is 0 Å². The Hall–Kier alpha value is -2.00. The molecule has 0 fully saturated rings. The summed E-state index contributed by atoms with van der Waals surface area (Å²) in [5.74, 6) is 1.86. The van der Waals surface area contributed by atoms with E-state index < -0.39 is 0 Å². The second-order valence-electron chi connectivity index (χ2n) is 5.71. The van der Waals surface area contributed by atoms with E-state index in [1.165, 1.54) is 22.3 Å². The number of hydrogen-bond donors (Lipinski definition) is 0. The summed E-state index contributed by atoms with van der Waals surface area (Å²) in [6.45, 7) is 10.5. The lowest BCUT2D eigenvalue weighted by Crippen LogP contribution is -2.12. The largest absolute Gasteiger partial charge is 0.491 e. The van der Waals surface area contributed by atoms with Crippen LogP contribution in [0.25, 0.3) is 0 Å². The van der Waals surface area contributed by atoms with Crippen molar-refractivity contribution in [2.24, 2.45) is 0 Å². The van der Waals surface area contributed by atoms with Gasteiger partial charge < -0.3 is 14.2 Å². The Bertz CT molecular complexity index is 579. The fourth-order valence-electron chi connectivity index (χ4n) is 2.28. The van der Waals surface area contributed by atoms with Crippen LogP contribution in [0.3, 0.4) is 0 Å². The van der Waals surface area contributed by atoms with Gasteiger partial charge in [-0.1, -0.05) is 24.3 Å². The molecule has 0 spiro atoms. The van der Waals surface area contributed by atoms with E-state index in [9.17, 15) is 0 Å². The van der Waals surface area contributed by atoms with E-state index in [-0.39, 0.29) is 0 Å². The van der Waals surface area contributed by atoms with Crippen LogP contribution in [0.4, 0.5) is 0 Å². The Balaban J connectivity index is 1.63. The minimum absolute atomic E-state index is 0.549. The summed E-state index contributed by atoms with van der Waals surface area (Å²) in [5.41, 5.74) is 4.85. The van der Waals surface area contributed by atoms with Crippen molar-refractivity contribution in [1.29, 1.82) is 0 Å². The Morgan fingerprint density at radius 2 is 1.04 bits per heavy atom. The van der Waals surface area contributed by atoms with Crippen molar-refractivity contribution in [3.05, 3.63) is 58.7 Å². The van der Waals surface area contributed by atoms with Crippen molar-refractivity contribution in [3.8, 4) is 11.5 Å². The third-order valence-corrected chi connectivity index (χ3v) is 4.08. The Labute approximate surface area is 139 Å². The molecule has 0 unspecified atom stereocenters. The number of hydrogen-bond acceptors (Lipinski definition) is 3. The van der Waals surface area contributed by atoms with Crippen LogP contribution in [0, 0.1) is 27.7 Å². The maximum Gasteiger partial charge on any atom is 0.122 e. The molecule has 0 saturated heterocycles. The first kappa shape index (κ1) is 17.4. The zero-order valence-corrected chi connectivity index (χ0v) is 14.5. The molecule has 0 atom stereocenters. The standard InChI is InChI=1S/C20H26O3/c1-15-7-5-9-19(17(15)3)22-13-11-21-12-14-23-20-10-6-8-16(2)18(20)4/h5-10H,11-14H2,1-4H3. The van der Waals surface area contributed by atoms with E-state index in [1.54, 1.807) is 0 Å². The second kappa shape index (κ2) is 8.59. The molecule has 124 valence electrons. The summed E-state index contributed by atoms with van der Waals surface area (Å²) >= 11 is 0. The van der Waals surface area contributed by atoms with Gasteiger partial charge in [0.25, 0.3) is 0 Å². The highest BCUT2D eigenvalue weighted by Gasteiger charge is 2.02. The van der Waals surface area contributed by atoms with Crippen molar-refractivity contribution in [1.82, 2.24) is 0 Å². The molecule has 0 aromatic heterocycles. The van der Waals surface area contributed by atoms with Crippen LogP contribution >= 0.6 is 0 Å². The molecule has 23 heavy (non-hydrogen) atoms. The Morgan fingerprint density at radius 3 is 1.48 bits per heavy atom. The highest BCUT2D eigenvalue weighted by Crippen LogP contribution is 2.21. The van der Waals surface area contributed by atoms with Gasteiger partial charge in [-0.2, -0.15) is 0 Å². The molecule has 0 aliphatic heterocycles. The van der Waals surface area contributed by atoms with Crippen molar-refractivity contribution in [3.63, 3.8) is 0 Å². The number of rotatable bonds is 8. The van der Waals surface area contributed by atoms with Gasteiger partial charge in [0.2, 0.25) is 0 Å². The van der Waals surface area contributed by atoms with E-state index >= 15 is 0 Å². The van der Waals surface area contributed by atoms with Gasteiger partial charge in [-0.15, -0.1) is 0 Å². The fourth-order valence-corrected chi connectivity index (χ4v) is 2.28. The van der Waals surface area contributed by atoms with E-state index in [2.05, 4.69) is 39.8 Å². The lowest BCUT2D eigenvalue weighted by atomic mass is 10.1. The van der Waals surface area contributed by atoms with E-state index in [0.717, 1.165) is 11.5 Å². The van der Waals surface area contributed by atoms with Crippen LogP contribution in [0.1, 0.15) is 22.3 Å². The minimum Gasteiger partial charge on any atom is -0.491 e. The first-order valence-corrected chi connectivity index (χ1v) is 8.05. The molecule has 0 bridgehead atoms. The molecule has 0 heterocycles. The third-order valence-electron chi connectivity index (χ3n) is 4.08. The molecule has 0 amide bonds. The number of ether oxygens (including phenoxy) is 3. The zero-order chi connectivity index (χ0) is 16.7. The predicted molar refractivity (Wildman–Crippen MR) is 93.6 cm³/mol. The average molecular weight is 314 g/mol. The molecular formula is C20H26O3. The molecule has 2 aromatic rings. The molecular weight excluding hydrogens is 288 g/mol. The molecule has 0 aliphatic carbocycles. The summed E-state index contributed by atoms with van der Waals surface area (Å²) < 4.78 is 17.1. The molecule has 2 rings (SSSR count). The smallest absolute Gasteiger partial charge is 0.122 e. The van der Waals surface area contributed by atoms with Crippen LogP contribution in [-0.4, -0.2) is 26.4 Å². The van der Waals surface area contributed by atoms with Crippen molar-refractivity contribution in [2.75, 3.05) is 26.4 Å². The lowest BCUT2D eigenvalue weighted by molar-refractivity contribution is 0.0761. The molecule has 0 aliphatic rings. The molecule has 2 aromatic carbocycles. The molecule has 3 nitrogen and oxygen atoms in total. The van der Waals surface area contributed by atoms with E-state index in [0.29, 0.717) is 26.4 Å². The molecule has 0 N–H and O–H groups in total. The third kappa shape index (κ3) is 5.00. The highest BCUT2D eigenvalue weighted by atomic mass is 16.5. The van der Waals surface area contributed by atoms with Crippen LogP contribution < -0.4 is 9.47 Å². The van der Waals surface area contributed by atoms with Crippen molar-refractivity contribution >= 4 is 0 Å². The van der Waals surface area contributed by atoms with Crippen LogP contribution in [0.5, 0.6) is 11.5 Å². The molecule has 0 saturated carbocycles. The summed E-state index contributed by atoms with van der Waals surface area (Å²) in [5, 5.41) is 0. The van der Waals surface area contributed by atoms with Gasteiger partial charge in [0.05, 0.1) is 13.2 Å². The summed E-state index contributed by atoms with van der Waals surface area (Å²) in [7, 11) is 0. The van der Waals surface area contributed by atoms with Crippen LogP contribution in [0.15, 0.2) is 36.4 Å². The van der Waals surface area contributed by atoms with Gasteiger partial charge in [0.1, 0.15) is 24.7 Å². The van der Waals surface area contributed by atoms with E-state index in [4.69, 9.17) is 14.2 Å². The molecule has 0 radical (unpaired) electrons. The SMILES string of the molecule is Cc1cccc(OCCOCCOc2cccc(C)c2C)c1C. The average Bonchev–Trinajstić information content (AvgIpc) is 2.54. The van der Waals surface area contributed by atoms with Crippen molar-refractivity contribution < 1.29 is 14.2 Å². The first-order valence-electron chi connectivity index (χ1n) is 8.05. The first-order chi connectivity index (χ1) is 11.1. The minimum atomic E-state index is 0.549.